The van der Waals surface area contributed by atoms with Crippen molar-refractivity contribution in [2.24, 2.45) is 11.8 Å². The quantitative estimate of drug-likeness (QED) is 0.885. The maximum Gasteiger partial charge on any atom is 0.307 e. The van der Waals surface area contributed by atoms with Gasteiger partial charge in [0.05, 0.1) is 17.9 Å². The Kier molecular flexibility index (Phi) is 4.48. The molecular formula is C15H18BrNO3. The molecule has 1 aliphatic rings. The third-order valence-corrected chi connectivity index (χ3v) is 4.86. The van der Waals surface area contributed by atoms with Gasteiger partial charge in [-0.3, -0.25) is 9.59 Å². The molecule has 1 amide bonds. The van der Waals surface area contributed by atoms with Gasteiger partial charge in [-0.15, -0.1) is 0 Å². The molecule has 1 aliphatic carbocycles. The van der Waals surface area contributed by atoms with E-state index < -0.39 is 11.9 Å². The zero-order valence-corrected chi connectivity index (χ0v) is 13.1. The van der Waals surface area contributed by atoms with E-state index >= 15 is 0 Å². The molecule has 3 atom stereocenters. The van der Waals surface area contributed by atoms with Crippen LogP contribution in [0.25, 0.3) is 0 Å². The standard InChI is InChI=1S/C15H18BrNO3/c1-8-7-10(3-6-13(8)16)9(2)17-14(18)11-4-5-12(11)15(19)20/h3,6-7,9,11-12H,4-5H2,1-2H3,(H,17,18)(H,19,20)/t9-,11-,12+/m1/s1. The second kappa shape index (κ2) is 5.95. The first-order chi connectivity index (χ1) is 9.40. The zero-order valence-electron chi connectivity index (χ0n) is 11.5. The summed E-state index contributed by atoms with van der Waals surface area (Å²) in [6.07, 6.45) is 1.26. The molecular weight excluding hydrogens is 322 g/mol. The van der Waals surface area contributed by atoms with Crippen molar-refractivity contribution in [1.29, 1.82) is 0 Å². The monoisotopic (exact) mass is 339 g/mol. The zero-order chi connectivity index (χ0) is 14.9. The molecule has 0 spiro atoms. The normalized spacial score (nSPS) is 22.8. The fourth-order valence-corrected chi connectivity index (χ4v) is 2.70. The highest BCUT2D eigenvalue weighted by atomic mass is 79.9. The van der Waals surface area contributed by atoms with E-state index in [4.69, 9.17) is 5.11 Å². The molecule has 0 heterocycles. The Labute approximate surface area is 126 Å². The molecule has 1 aromatic carbocycles. The van der Waals surface area contributed by atoms with Gasteiger partial charge in [-0.2, -0.15) is 0 Å². The van der Waals surface area contributed by atoms with Gasteiger partial charge in [0, 0.05) is 4.47 Å². The lowest BCUT2D eigenvalue weighted by molar-refractivity contribution is -0.152. The number of benzene rings is 1. The SMILES string of the molecule is Cc1cc([C@@H](C)NC(=O)[C@@H]2CC[C@@H]2C(=O)O)ccc1Br. The van der Waals surface area contributed by atoms with Crippen LogP contribution in [0.1, 0.15) is 36.9 Å². The molecule has 5 heteroatoms. The number of nitrogens with one attached hydrogen (secondary N) is 1. The number of rotatable bonds is 4. The summed E-state index contributed by atoms with van der Waals surface area (Å²) in [6, 6.07) is 5.81. The molecule has 0 saturated heterocycles. The first-order valence-electron chi connectivity index (χ1n) is 6.69. The van der Waals surface area contributed by atoms with Gasteiger partial charge >= 0.3 is 5.97 Å². The second-order valence-corrected chi connectivity index (χ2v) is 6.22. The molecule has 2 N–H and O–H groups in total. The largest absolute Gasteiger partial charge is 0.481 e. The third-order valence-electron chi connectivity index (χ3n) is 3.97. The molecule has 1 aromatic rings. The summed E-state index contributed by atoms with van der Waals surface area (Å²) in [5.41, 5.74) is 2.13. The Morgan fingerprint density at radius 1 is 1.35 bits per heavy atom. The van der Waals surface area contributed by atoms with Crippen molar-refractivity contribution in [1.82, 2.24) is 5.32 Å². The second-order valence-electron chi connectivity index (χ2n) is 5.37. The maximum absolute atomic E-state index is 12.1. The summed E-state index contributed by atoms with van der Waals surface area (Å²) in [5, 5.41) is 11.9. The van der Waals surface area contributed by atoms with Crippen LogP contribution in [-0.4, -0.2) is 17.0 Å². The number of carboxylic acid groups (broad SMARTS) is 1. The van der Waals surface area contributed by atoms with Gasteiger partial charge < -0.3 is 10.4 Å². The fraction of sp³-hybridized carbons (Fsp3) is 0.467. The minimum absolute atomic E-state index is 0.121. The molecule has 0 radical (unpaired) electrons. The highest BCUT2D eigenvalue weighted by Gasteiger charge is 2.41. The predicted octanol–water partition coefficient (Wildman–Crippen LogP) is 3.05. The first kappa shape index (κ1) is 15.0. The van der Waals surface area contributed by atoms with E-state index in [1.54, 1.807) is 0 Å². The van der Waals surface area contributed by atoms with Crippen LogP contribution >= 0.6 is 15.9 Å². The Morgan fingerprint density at radius 2 is 2.00 bits per heavy atom. The van der Waals surface area contributed by atoms with Crippen molar-refractivity contribution in [3.05, 3.63) is 33.8 Å². The van der Waals surface area contributed by atoms with E-state index in [-0.39, 0.29) is 17.9 Å². The van der Waals surface area contributed by atoms with E-state index in [2.05, 4.69) is 21.2 Å². The van der Waals surface area contributed by atoms with Gasteiger partial charge in [-0.25, -0.2) is 0 Å². The van der Waals surface area contributed by atoms with E-state index in [9.17, 15) is 9.59 Å². The average molecular weight is 340 g/mol. The Balaban J connectivity index is 2.00. The summed E-state index contributed by atoms with van der Waals surface area (Å²) in [7, 11) is 0. The topological polar surface area (TPSA) is 66.4 Å². The van der Waals surface area contributed by atoms with Crippen LogP contribution < -0.4 is 5.32 Å². The number of aliphatic carboxylic acids is 1. The van der Waals surface area contributed by atoms with Gasteiger partial charge in [0.15, 0.2) is 0 Å². The number of aryl methyl sites for hydroxylation is 1. The number of halogens is 1. The lowest BCUT2D eigenvalue weighted by Gasteiger charge is -2.33. The molecule has 20 heavy (non-hydrogen) atoms. The number of carbonyl (C=O) groups is 2. The molecule has 0 bridgehead atoms. The van der Waals surface area contributed by atoms with Crippen LogP contribution in [-0.2, 0) is 9.59 Å². The molecule has 1 saturated carbocycles. The van der Waals surface area contributed by atoms with Crippen LogP contribution in [0.5, 0.6) is 0 Å². The Bertz CT molecular complexity index is 544. The van der Waals surface area contributed by atoms with E-state index in [0.717, 1.165) is 15.6 Å². The van der Waals surface area contributed by atoms with Gasteiger partial charge in [0.1, 0.15) is 0 Å². The van der Waals surface area contributed by atoms with E-state index in [1.165, 1.54) is 0 Å². The molecule has 0 aliphatic heterocycles. The highest BCUT2D eigenvalue weighted by molar-refractivity contribution is 9.10. The molecule has 108 valence electrons. The van der Waals surface area contributed by atoms with E-state index in [1.807, 2.05) is 32.0 Å². The molecule has 0 aromatic heterocycles. The maximum atomic E-state index is 12.1. The van der Waals surface area contributed by atoms with Gasteiger partial charge in [-0.05, 0) is 43.9 Å². The van der Waals surface area contributed by atoms with Crippen LogP contribution in [0.2, 0.25) is 0 Å². The predicted molar refractivity (Wildman–Crippen MR) is 79.3 cm³/mol. The van der Waals surface area contributed by atoms with Gasteiger partial charge in [0.2, 0.25) is 5.91 Å². The number of amides is 1. The molecule has 2 rings (SSSR count). The van der Waals surface area contributed by atoms with Crippen molar-refractivity contribution in [3.8, 4) is 0 Å². The fourth-order valence-electron chi connectivity index (χ4n) is 2.45. The molecule has 1 fully saturated rings. The third kappa shape index (κ3) is 3.03. The number of carboxylic acids is 1. The van der Waals surface area contributed by atoms with Crippen LogP contribution in [0, 0.1) is 18.8 Å². The van der Waals surface area contributed by atoms with Crippen LogP contribution in [0.3, 0.4) is 0 Å². The lowest BCUT2D eigenvalue weighted by atomic mass is 9.73. The summed E-state index contributed by atoms with van der Waals surface area (Å²) < 4.78 is 1.03. The van der Waals surface area contributed by atoms with Crippen molar-refractivity contribution < 1.29 is 14.7 Å². The van der Waals surface area contributed by atoms with Crippen molar-refractivity contribution >= 4 is 27.8 Å². The minimum Gasteiger partial charge on any atom is -0.481 e. The van der Waals surface area contributed by atoms with Crippen molar-refractivity contribution in [3.63, 3.8) is 0 Å². The summed E-state index contributed by atoms with van der Waals surface area (Å²) in [5.74, 6) is -1.93. The smallest absolute Gasteiger partial charge is 0.307 e. The van der Waals surface area contributed by atoms with Crippen molar-refractivity contribution in [2.75, 3.05) is 0 Å². The lowest BCUT2D eigenvalue weighted by Crippen LogP contribution is -2.44. The molecule has 4 nitrogen and oxygen atoms in total. The highest BCUT2D eigenvalue weighted by Crippen LogP contribution is 2.35. The van der Waals surface area contributed by atoms with Gasteiger partial charge in [-0.1, -0.05) is 28.1 Å². The summed E-state index contributed by atoms with van der Waals surface area (Å²) >= 11 is 3.44. The molecule has 0 unspecified atom stereocenters. The van der Waals surface area contributed by atoms with Crippen molar-refractivity contribution in [2.45, 2.75) is 32.7 Å². The number of hydrogen-bond acceptors (Lipinski definition) is 2. The Morgan fingerprint density at radius 3 is 2.50 bits per heavy atom. The summed E-state index contributed by atoms with van der Waals surface area (Å²) in [4.78, 5) is 23.0. The summed E-state index contributed by atoms with van der Waals surface area (Å²) in [6.45, 7) is 3.91. The average Bonchev–Trinajstić information content (AvgIpc) is 2.30. The van der Waals surface area contributed by atoms with Crippen LogP contribution in [0.15, 0.2) is 22.7 Å². The van der Waals surface area contributed by atoms with E-state index in [0.29, 0.717) is 12.8 Å². The number of carbonyl (C=O) groups excluding carboxylic acids is 1. The number of hydrogen-bond donors (Lipinski definition) is 2. The Hall–Kier alpha value is -1.36. The first-order valence-corrected chi connectivity index (χ1v) is 7.48. The minimum atomic E-state index is -0.872. The van der Waals surface area contributed by atoms with Gasteiger partial charge in [0.25, 0.3) is 0 Å². The van der Waals surface area contributed by atoms with Crippen LogP contribution in [0.4, 0.5) is 0 Å².